The molecule has 1 aliphatic rings. The summed E-state index contributed by atoms with van der Waals surface area (Å²) in [5.74, 6) is -0.296. The lowest BCUT2D eigenvalue weighted by molar-refractivity contribution is -0.154. The summed E-state index contributed by atoms with van der Waals surface area (Å²) in [6.07, 6.45) is -0.423. The molecule has 0 atom stereocenters. The SMILES string of the molecule is Cl.NCC1(NS(=O)(=O)c2ccc(OCC(F)(F)F)nc2)CCCC1. The molecule has 24 heavy (non-hydrogen) atoms. The van der Waals surface area contributed by atoms with Gasteiger partial charge in [-0.15, -0.1) is 12.4 Å². The van der Waals surface area contributed by atoms with Gasteiger partial charge in [-0.1, -0.05) is 12.8 Å². The molecule has 0 aliphatic heterocycles. The number of alkyl halides is 3. The number of nitrogens with zero attached hydrogens (tertiary/aromatic N) is 1. The van der Waals surface area contributed by atoms with E-state index >= 15 is 0 Å². The fourth-order valence-electron chi connectivity index (χ4n) is 2.51. The van der Waals surface area contributed by atoms with Crippen molar-refractivity contribution in [2.45, 2.75) is 42.3 Å². The molecule has 1 aliphatic carbocycles. The molecule has 0 bridgehead atoms. The van der Waals surface area contributed by atoms with E-state index in [1.54, 1.807) is 0 Å². The highest BCUT2D eigenvalue weighted by Gasteiger charge is 2.37. The van der Waals surface area contributed by atoms with Crippen LogP contribution in [-0.4, -0.2) is 38.3 Å². The van der Waals surface area contributed by atoms with Crippen LogP contribution in [0.25, 0.3) is 0 Å². The first-order chi connectivity index (χ1) is 10.7. The van der Waals surface area contributed by atoms with E-state index in [1.165, 1.54) is 0 Å². The van der Waals surface area contributed by atoms with Crippen LogP contribution in [-0.2, 0) is 10.0 Å². The highest BCUT2D eigenvalue weighted by atomic mass is 35.5. The van der Waals surface area contributed by atoms with E-state index in [4.69, 9.17) is 5.73 Å². The molecule has 2 rings (SSSR count). The van der Waals surface area contributed by atoms with Crippen LogP contribution in [0.2, 0.25) is 0 Å². The van der Waals surface area contributed by atoms with Crippen molar-refractivity contribution in [1.82, 2.24) is 9.71 Å². The number of sulfonamides is 1. The number of nitrogens with two attached hydrogens (primary N) is 1. The maximum Gasteiger partial charge on any atom is 0.422 e. The van der Waals surface area contributed by atoms with Gasteiger partial charge in [-0.3, -0.25) is 0 Å². The van der Waals surface area contributed by atoms with Crippen molar-refractivity contribution in [3.05, 3.63) is 18.3 Å². The van der Waals surface area contributed by atoms with Crippen LogP contribution in [0, 0.1) is 0 Å². The molecule has 1 aromatic rings. The largest absolute Gasteiger partial charge is 0.468 e. The third-order valence-corrected chi connectivity index (χ3v) is 5.27. The van der Waals surface area contributed by atoms with E-state index in [0.717, 1.165) is 31.2 Å². The van der Waals surface area contributed by atoms with Gasteiger partial charge in [0.05, 0.1) is 6.20 Å². The van der Waals surface area contributed by atoms with Crippen molar-refractivity contribution in [2.75, 3.05) is 13.2 Å². The fourth-order valence-corrected chi connectivity index (χ4v) is 3.92. The minimum Gasteiger partial charge on any atom is -0.468 e. The van der Waals surface area contributed by atoms with E-state index in [2.05, 4.69) is 14.4 Å². The first-order valence-electron chi connectivity index (χ1n) is 7.05. The molecule has 0 amide bonds. The van der Waals surface area contributed by atoms with Crippen LogP contribution in [0.15, 0.2) is 23.2 Å². The lowest BCUT2D eigenvalue weighted by atomic mass is 10.0. The van der Waals surface area contributed by atoms with Crippen LogP contribution < -0.4 is 15.2 Å². The molecule has 6 nitrogen and oxygen atoms in total. The molecule has 0 unspecified atom stereocenters. The number of aromatic nitrogens is 1. The molecule has 0 aromatic carbocycles. The molecule has 1 saturated carbocycles. The molecule has 0 spiro atoms. The lowest BCUT2D eigenvalue weighted by Crippen LogP contribution is -2.51. The first kappa shape index (κ1) is 20.9. The summed E-state index contributed by atoms with van der Waals surface area (Å²) in [6, 6.07) is 2.24. The normalized spacial score (nSPS) is 17.3. The summed E-state index contributed by atoms with van der Waals surface area (Å²) in [5, 5.41) is 0. The Morgan fingerprint density at radius 3 is 2.38 bits per heavy atom. The monoisotopic (exact) mass is 389 g/mol. The maximum atomic E-state index is 12.4. The zero-order valence-corrected chi connectivity index (χ0v) is 14.3. The predicted octanol–water partition coefficient (Wildman–Crippen LogP) is 1.99. The van der Waals surface area contributed by atoms with Crippen molar-refractivity contribution in [1.29, 1.82) is 0 Å². The summed E-state index contributed by atoms with van der Waals surface area (Å²) < 4.78 is 67.9. The number of ether oxygens (including phenoxy) is 1. The molecule has 3 N–H and O–H groups in total. The van der Waals surface area contributed by atoms with Crippen molar-refractivity contribution < 1.29 is 26.3 Å². The van der Waals surface area contributed by atoms with Gasteiger partial charge in [0.25, 0.3) is 0 Å². The number of pyridine rings is 1. The zero-order valence-electron chi connectivity index (χ0n) is 12.7. The summed E-state index contributed by atoms with van der Waals surface area (Å²) in [6.45, 7) is -1.30. The van der Waals surface area contributed by atoms with Gasteiger partial charge in [-0.2, -0.15) is 13.2 Å². The van der Waals surface area contributed by atoms with Crippen LogP contribution in [0.1, 0.15) is 25.7 Å². The van der Waals surface area contributed by atoms with Crippen LogP contribution in [0.4, 0.5) is 13.2 Å². The second-order valence-corrected chi connectivity index (χ2v) is 7.22. The van der Waals surface area contributed by atoms with Crippen LogP contribution >= 0.6 is 12.4 Å². The van der Waals surface area contributed by atoms with Gasteiger partial charge in [0.15, 0.2) is 6.61 Å². The lowest BCUT2D eigenvalue weighted by Gasteiger charge is -2.28. The third kappa shape index (κ3) is 5.47. The Morgan fingerprint density at radius 1 is 1.29 bits per heavy atom. The van der Waals surface area contributed by atoms with Gasteiger partial charge < -0.3 is 10.5 Å². The van der Waals surface area contributed by atoms with Gasteiger partial charge in [-0.25, -0.2) is 18.1 Å². The number of halogens is 4. The predicted molar refractivity (Wildman–Crippen MR) is 83.6 cm³/mol. The molecule has 138 valence electrons. The van der Waals surface area contributed by atoms with E-state index in [-0.39, 0.29) is 29.7 Å². The van der Waals surface area contributed by atoms with Gasteiger partial charge in [0.2, 0.25) is 15.9 Å². The number of hydrogen-bond acceptors (Lipinski definition) is 5. The van der Waals surface area contributed by atoms with E-state index in [1.807, 2.05) is 0 Å². The minimum atomic E-state index is -4.48. The van der Waals surface area contributed by atoms with Gasteiger partial charge in [0, 0.05) is 18.2 Å². The average Bonchev–Trinajstić information content (AvgIpc) is 2.93. The fraction of sp³-hybridized carbons (Fsp3) is 0.615. The quantitative estimate of drug-likeness (QED) is 0.776. The van der Waals surface area contributed by atoms with Gasteiger partial charge >= 0.3 is 6.18 Å². The second-order valence-electron chi connectivity index (χ2n) is 5.53. The van der Waals surface area contributed by atoms with Crippen molar-refractivity contribution in [3.63, 3.8) is 0 Å². The summed E-state index contributed by atoms with van der Waals surface area (Å²) in [5.41, 5.74) is 5.03. The number of rotatable bonds is 6. The van der Waals surface area contributed by atoms with Crippen LogP contribution in [0.3, 0.4) is 0 Å². The summed E-state index contributed by atoms with van der Waals surface area (Å²) in [4.78, 5) is 3.46. The standard InChI is InChI=1S/C13H18F3N3O3S.ClH/c14-13(15,16)9-22-11-4-3-10(7-18-11)23(20,21)19-12(8-17)5-1-2-6-12;/h3-4,7,19H,1-2,5-6,8-9,17H2;1H. The first-order valence-corrected chi connectivity index (χ1v) is 8.54. The number of hydrogen-bond donors (Lipinski definition) is 2. The molecule has 0 saturated heterocycles. The second kappa shape index (κ2) is 7.85. The van der Waals surface area contributed by atoms with Gasteiger partial charge in [-0.05, 0) is 18.9 Å². The van der Waals surface area contributed by atoms with Crippen LogP contribution in [0.5, 0.6) is 5.88 Å². The minimum absolute atomic E-state index is 0. The highest BCUT2D eigenvalue weighted by molar-refractivity contribution is 7.89. The van der Waals surface area contributed by atoms with E-state index in [0.29, 0.717) is 12.8 Å². The molecule has 1 aromatic heterocycles. The zero-order chi connectivity index (χ0) is 17.1. The van der Waals surface area contributed by atoms with E-state index < -0.39 is 28.3 Å². The molecule has 0 radical (unpaired) electrons. The molecule has 11 heteroatoms. The Bertz CT molecular complexity index is 632. The highest BCUT2D eigenvalue weighted by Crippen LogP contribution is 2.30. The summed E-state index contributed by atoms with van der Waals surface area (Å²) in [7, 11) is -3.84. The smallest absolute Gasteiger partial charge is 0.422 e. The van der Waals surface area contributed by atoms with Crippen molar-refractivity contribution in [2.24, 2.45) is 5.73 Å². The van der Waals surface area contributed by atoms with Crippen molar-refractivity contribution in [3.8, 4) is 5.88 Å². The average molecular weight is 390 g/mol. The van der Waals surface area contributed by atoms with Gasteiger partial charge in [0.1, 0.15) is 4.90 Å². The molecule has 1 fully saturated rings. The maximum absolute atomic E-state index is 12.4. The summed E-state index contributed by atoms with van der Waals surface area (Å²) >= 11 is 0. The Kier molecular flexibility index (Phi) is 6.85. The Labute approximate surface area is 144 Å². The Hall–Kier alpha value is -1.10. The van der Waals surface area contributed by atoms with Crippen molar-refractivity contribution >= 4 is 22.4 Å². The Balaban J connectivity index is 0.00000288. The molecule has 1 heterocycles. The third-order valence-electron chi connectivity index (χ3n) is 3.71. The number of nitrogens with one attached hydrogen (secondary N) is 1. The topological polar surface area (TPSA) is 94.3 Å². The molecular weight excluding hydrogens is 371 g/mol. The Morgan fingerprint density at radius 2 is 1.92 bits per heavy atom. The van der Waals surface area contributed by atoms with E-state index in [9.17, 15) is 21.6 Å². The molecular formula is C13H19ClF3N3O3S.